The highest BCUT2D eigenvalue weighted by molar-refractivity contribution is 6.02. The molecular weight excluding hydrogens is 325 g/mol. The number of aryl methyl sites for hydroxylation is 1. The van der Waals surface area contributed by atoms with Crippen LogP contribution in [0.5, 0.6) is 0 Å². The van der Waals surface area contributed by atoms with Crippen molar-refractivity contribution in [3.63, 3.8) is 0 Å². The number of pyridine rings is 1. The summed E-state index contributed by atoms with van der Waals surface area (Å²) in [4.78, 5) is 13.9. The van der Waals surface area contributed by atoms with E-state index in [1.807, 2.05) is 63.2 Å². The summed E-state index contributed by atoms with van der Waals surface area (Å²) >= 11 is 0. The summed E-state index contributed by atoms with van der Waals surface area (Å²) in [6, 6.07) is 19.9. The summed E-state index contributed by atoms with van der Waals surface area (Å²) in [6.45, 7) is 5.88. The van der Waals surface area contributed by atoms with E-state index in [0.29, 0.717) is 5.69 Å². The van der Waals surface area contributed by atoms with E-state index >= 15 is 0 Å². The molecule has 1 heterocycles. The molecular formula is C22H20FN3. The summed E-state index contributed by atoms with van der Waals surface area (Å²) in [7, 11) is 0. The summed E-state index contributed by atoms with van der Waals surface area (Å²) in [5.74, 6) is -0.273. The molecule has 0 atom stereocenters. The van der Waals surface area contributed by atoms with E-state index in [9.17, 15) is 4.39 Å². The molecule has 0 aliphatic carbocycles. The van der Waals surface area contributed by atoms with Crippen LogP contribution in [-0.4, -0.2) is 16.4 Å². The number of halogens is 1. The van der Waals surface area contributed by atoms with Gasteiger partial charge < -0.3 is 0 Å². The van der Waals surface area contributed by atoms with Crippen LogP contribution in [0.3, 0.4) is 0 Å². The maximum Gasteiger partial charge on any atom is 0.123 e. The van der Waals surface area contributed by atoms with Crippen molar-refractivity contribution in [3.8, 4) is 0 Å². The molecule has 130 valence electrons. The Balaban J connectivity index is 1.90. The van der Waals surface area contributed by atoms with Gasteiger partial charge in [0.2, 0.25) is 0 Å². The summed E-state index contributed by atoms with van der Waals surface area (Å²) < 4.78 is 13.0. The summed E-state index contributed by atoms with van der Waals surface area (Å²) in [6.07, 6.45) is 0. The number of nitrogens with zero attached hydrogens (tertiary/aromatic N) is 3. The molecule has 1 aromatic heterocycles. The first-order valence-electron chi connectivity index (χ1n) is 8.42. The zero-order chi connectivity index (χ0) is 18.5. The second-order valence-electron chi connectivity index (χ2n) is 6.07. The van der Waals surface area contributed by atoms with Crippen LogP contribution in [0.4, 0.5) is 15.8 Å². The van der Waals surface area contributed by atoms with E-state index in [2.05, 4.69) is 9.98 Å². The van der Waals surface area contributed by atoms with Crippen LogP contribution in [0.25, 0.3) is 0 Å². The first-order chi connectivity index (χ1) is 12.5. The number of rotatable bonds is 4. The molecule has 0 spiro atoms. The van der Waals surface area contributed by atoms with Gasteiger partial charge in [-0.15, -0.1) is 0 Å². The van der Waals surface area contributed by atoms with Crippen LogP contribution in [0.2, 0.25) is 0 Å². The molecule has 0 saturated carbocycles. The molecule has 0 N–H and O–H groups in total. The molecule has 3 rings (SSSR count). The number of hydrogen-bond donors (Lipinski definition) is 0. The summed E-state index contributed by atoms with van der Waals surface area (Å²) in [5, 5.41) is 0. The van der Waals surface area contributed by atoms with Crippen LogP contribution in [0, 0.1) is 12.7 Å². The Morgan fingerprint density at radius 1 is 0.769 bits per heavy atom. The molecule has 0 bridgehead atoms. The number of aromatic nitrogens is 1. The van der Waals surface area contributed by atoms with Gasteiger partial charge in [-0.05, 0) is 68.8 Å². The van der Waals surface area contributed by atoms with Gasteiger partial charge in [-0.2, -0.15) is 0 Å². The Morgan fingerprint density at radius 2 is 1.38 bits per heavy atom. The average molecular weight is 345 g/mol. The first-order valence-corrected chi connectivity index (χ1v) is 8.42. The Labute approximate surface area is 153 Å². The second-order valence-corrected chi connectivity index (χ2v) is 6.07. The first kappa shape index (κ1) is 17.7. The number of para-hydroxylation sites is 1. The summed E-state index contributed by atoms with van der Waals surface area (Å²) in [5.41, 5.74) is 5.94. The van der Waals surface area contributed by atoms with Crippen LogP contribution in [0.15, 0.2) is 76.7 Å². The maximum absolute atomic E-state index is 13.0. The van der Waals surface area contributed by atoms with Gasteiger partial charge in [0, 0.05) is 0 Å². The number of aliphatic imine (C=N–C) groups is 2. The van der Waals surface area contributed by atoms with Crippen LogP contribution >= 0.6 is 0 Å². The Hall–Kier alpha value is -3.14. The highest BCUT2D eigenvalue weighted by atomic mass is 19.1. The average Bonchev–Trinajstić information content (AvgIpc) is 2.65. The van der Waals surface area contributed by atoms with Gasteiger partial charge in [0.05, 0.1) is 34.2 Å². The molecule has 3 nitrogen and oxygen atoms in total. The molecule has 26 heavy (non-hydrogen) atoms. The number of hydrogen-bond acceptors (Lipinski definition) is 3. The minimum atomic E-state index is -0.273. The fourth-order valence-electron chi connectivity index (χ4n) is 2.53. The minimum absolute atomic E-state index is 0.273. The fourth-order valence-corrected chi connectivity index (χ4v) is 2.53. The van der Waals surface area contributed by atoms with Gasteiger partial charge in [0.25, 0.3) is 0 Å². The van der Waals surface area contributed by atoms with E-state index in [-0.39, 0.29) is 5.82 Å². The third-order valence-electron chi connectivity index (χ3n) is 4.02. The van der Waals surface area contributed by atoms with Crippen LogP contribution in [0.1, 0.15) is 30.8 Å². The van der Waals surface area contributed by atoms with Crippen LogP contribution in [-0.2, 0) is 0 Å². The van der Waals surface area contributed by atoms with Gasteiger partial charge in [-0.25, -0.2) is 9.37 Å². The van der Waals surface area contributed by atoms with Crippen molar-refractivity contribution in [2.75, 3.05) is 0 Å². The predicted molar refractivity (Wildman–Crippen MR) is 106 cm³/mol. The van der Waals surface area contributed by atoms with E-state index in [1.165, 1.54) is 12.1 Å². The number of benzene rings is 2. The molecule has 0 aliphatic rings. The highest BCUT2D eigenvalue weighted by Crippen LogP contribution is 2.19. The van der Waals surface area contributed by atoms with Gasteiger partial charge in [-0.1, -0.05) is 24.3 Å². The van der Waals surface area contributed by atoms with E-state index < -0.39 is 0 Å². The standard InChI is InChI=1S/C22H20FN3/c1-15-7-4-5-8-20(15)25-17(3)22-10-6-9-21(26-22)16(2)24-19-13-11-18(23)12-14-19/h4-14H,1-3H3. The Morgan fingerprint density at radius 3 is 2.04 bits per heavy atom. The van der Waals surface area contributed by atoms with Crippen molar-refractivity contribution in [1.82, 2.24) is 4.98 Å². The van der Waals surface area contributed by atoms with Crippen LogP contribution < -0.4 is 0 Å². The lowest BCUT2D eigenvalue weighted by Crippen LogP contribution is -2.05. The van der Waals surface area contributed by atoms with Gasteiger partial charge >= 0.3 is 0 Å². The van der Waals surface area contributed by atoms with E-state index in [1.54, 1.807) is 12.1 Å². The normalized spacial score (nSPS) is 12.3. The smallest absolute Gasteiger partial charge is 0.123 e. The fraction of sp³-hybridized carbons (Fsp3) is 0.136. The van der Waals surface area contributed by atoms with Gasteiger partial charge in [0.15, 0.2) is 0 Å². The molecule has 0 unspecified atom stereocenters. The molecule has 0 radical (unpaired) electrons. The lowest BCUT2D eigenvalue weighted by Gasteiger charge is -2.06. The molecule has 0 amide bonds. The van der Waals surface area contributed by atoms with E-state index in [0.717, 1.165) is 34.1 Å². The van der Waals surface area contributed by atoms with Crippen molar-refractivity contribution in [2.45, 2.75) is 20.8 Å². The zero-order valence-corrected chi connectivity index (χ0v) is 15.1. The third-order valence-corrected chi connectivity index (χ3v) is 4.02. The Kier molecular flexibility index (Phi) is 5.32. The van der Waals surface area contributed by atoms with Gasteiger partial charge in [-0.3, -0.25) is 9.98 Å². The van der Waals surface area contributed by atoms with Crippen molar-refractivity contribution < 1.29 is 4.39 Å². The topological polar surface area (TPSA) is 37.6 Å². The lowest BCUT2D eigenvalue weighted by atomic mass is 10.2. The molecule has 2 aromatic carbocycles. The maximum atomic E-state index is 13.0. The van der Waals surface area contributed by atoms with Gasteiger partial charge in [0.1, 0.15) is 5.82 Å². The molecule has 0 saturated heterocycles. The lowest BCUT2D eigenvalue weighted by molar-refractivity contribution is 0.628. The predicted octanol–water partition coefficient (Wildman–Crippen LogP) is 5.81. The highest BCUT2D eigenvalue weighted by Gasteiger charge is 2.05. The quantitative estimate of drug-likeness (QED) is 0.550. The van der Waals surface area contributed by atoms with Crippen molar-refractivity contribution >= 4 is 22.8 Å². The van der Waals surface area contributed by atoms with E-state index in [4.69, 9.17) is 4.99 Å². The van der Waals surface area contributed by atoms with Crippen molar-refractivity contribution in [3.05, 3.63) is 89.5 Å². The SMILES string of the molecule is CC(=Nc1ccc(F)cc1)c1cccc(C(C)=Nc2ccccc2C)n1. The zero-order valence-electron chi connectivity index (χ0n) is 15.1. The minimum Gasteiger partial charge on any atom is -0.252 e. The molecule has 0 fully saturated rings. The molecule has 4 heteroatoms. The monoisotopic (exact) mass is 345 g/mol. The van der Waals surface area contributed by atoms with Crippen molar-refractivity contribution in [1.29, 1.82) is 0 Å². The molecule has 3 aromatic rings. The largest absolute Gasteiger partial charge is 0.252 e. The second kappa shape index (κ2) is 7.83. The van der Waals surface area contributed by atoms with Crippen molar-refractivity contribution in [2.24, 2.45) is 9.98 Å². The Bertz CT molecular complexity index is 973. The third kappa shape index (κ3) is 4.28. The molecule has 0 aliphatic heterocycles.